The number of thiocarbonyl (C=S) groups is 1. The van der Waals surface area contributed by atoms with Crippen molar-refractivity contribution in [3.63, 3.8) is 0 Å². The summed E-state index contributed by atoms with van der Waals surface area (Å²) in [6.07, 6.45) is 0. The Morgan fingerprint density at radius 2 is 2.09 bits per heavy atom. The zero-order valence-electron chi connectivity index (χ0n) is 12.5. The van der Waals surface area contributed by atoms with E-state index in [0.29, 0.717) is 5.75 Å². The Morgan fingerprint density at radius 3 is 2.73 bits per heavy atom. The molecule has 1 aromatic carbocycles. The summed E-state index contributed by atoms with van der Waals surface area (Å²) in [7, 11) is 1.32. The average Bonchev–Trinajstić information content (AvgIpc) is 2.44. The van der Waals surface area contributed by atoms with Gasteiger partial charge in [0.1, 0.15) is 11.7 Å². The molecular formula is C15H16N2O4S. The predicted octanol–water partition coefficient (Wildman–Crippen LogP) is 1.36. The van der Waals surface area contributed by atoms with Gasteiger partial charge in [-0.3, -0.25) is 14.5 Å². The highest BCUT2D eigenvalue weighted by Gasteiger charge is 2.58. The van der Waals surface area contributed by atoms with E-state index in [0.717, 1.165) is 5.56 Å². The fraction of sp³-hybridized carbons (Fsp3) is 0.400. The van der Waals surface area contributed by atoms with Crippen LogP contribution in [0.1, 0.15) is 25.5 Å². The molecular weight excluding hydrogens is 304 g/mol. The van der Waals surface area contributed by atoms with Crippen molar-refractivity contribution in [3.8, 4) is 5.75 Å². The molecule has 0 aliphatic carbocycles. The second-order valence-corrected chi connectivity index (χ2v) is 5.90. The van der Waals surface area contributed by atoms with Crippen LogP contribution in [0, 0.1) is 5.92 Å². The Morgan fingerprint density at radius 1 is 1.41 bits per heavy atom. The normalized spacial score (nSPS) is 29.0. The number of ether oxygens (including phenoxy) is 2. The van der Waals surface area contributed by atoms with Gasteiger partial charge in [0.05, 0.1) is 13.2 Å². The van der Waals surface area contributed by atoms with E-state index < -0.39 is 23.7 Å². The highest BCUT2D eigenvalue weighted by Crippen LogP contribution is 2.48. The van der Waals surface area contributed by atoms with E-state index in [1.165, 1.54) is 18.9 Å². The minimum Gasteiger partial charge on any atom is -0.469 e. The Bertz CT molecular complexity index is 677. The number of carbonyl (C=O) groups excluding carboxylic acids is 2. The molecule has 1 saturated heterocycles. The van der Waals surface area contributed by atoms with Gasteiger partial charge in [0, 0.05) is 12.5 Å². The van der Waals surface area contributed by atoms with Crippen LogP contribution in [0.2, 0.25) is 0 Å². The lowest BCUT2D eigenvalue weighted by atomic mass is 9.79. The molecule has 7 heteroatoms. The topological polar surface area (TPSA) is 67.9 Å². The van der Waals surface area contributed by atoms with Crippen LogP contribution in [-0.4, -0.2) is 34.7 Å². The Kier molecular flexibility index (Phi) is 3.32. The Hall–Kier alpha value is -2.15. The number of rotatable bonds is 1. The first kappa shape index (κ1) is 14.8. The van der Waals surface area contributed by atoms with Crippen molar-refractivity contribution in [3.05, 3.63) is 29.8 Å². The highest BCUT2D eigenvalue weighted by molar-refractivity contribution is 7.80. The van der Waals surface area contributed by atoms with Crippen LogP contribution >= 0.6 is 12.2 Å². The Labute approximate surface area is 133 Å². The summed E-state index contributed by atoms with van der Waals surface area (Å²) in [4.78, 5) is 25.8. The van der Waals surface area contributed by atoms with Crippen molar-refractivity contribution < 1.29 is 19.1 Å². The molecule has 22 heavy (non-hydrogen) atoms. The van der Waals surface area contributed by atoms with E-state index in [1.54, 1.807) is 6.92 Å². The van der Waals surface area contributed by atoms with Crippen molar-refractivity contribution in [2.75, 3.05) is 7.11 Å². The molecule has 3 atom stereocenters. The zero-order valence-corrected chi connectivity index (χ0v) is 13.3. The van der Waals surface area contributed by atoms with E-state index in [1.807, 2.05) is 24.3 Å². The number of amides is 1. The molecule has 6 nitrogen and oxygen atoms in total. The van der Waals surface area contributed by atoms with Gasteiger partial charge in [0.2, 0.25) is 5.91 Å². The van der Waals surface area contributed by atoms with Gasteiger partial charge in [-0.05, 0) is 25.2 Å². The number of nitrogens with one attached hydrogen (secondary N) is 1. The molecule has 2 heterocycles. The number of para-hydroxylation sites is 1. The number of methoxy groups -OCH3 is 1. The van der Waals surface area contributed by atoms with Crippen LogP contribution < -0.4 is 10.1 Å². The number of carbonyl (C=O) groups is 2. The van der Waals surface area contributed by atoms with Gasteiger partial charge in [-0.25, -0.2) is 0 Å². The van der Waals surface area contributed by atoms with Gasteiger partial charge >= 0.3 is 5.97 Å². The summed E-state index contributed by atoms with van der Waals surface area (Å²) in [5.74, 6) is -0.794. The zero-order chi connectivity index (χ0) is 16.1. The second-order valence-electron chi connectivity index (χ2n) is 5.51. The molecule has 0 unspecified atom stereocenters. The van der Waals surface area contributed by atoms with Gasteiger partial charge in [-0.2, -0.15) is 0 Å². The van der Waals surface area contributed by atoms with Gasteiger partial charge in [0.15, 0.2) is 10.8 Å². The number of nitrogens with zero attached hydrogens (tertiary/aromatic N) is 1. The third-order valence-corrected chi connectivity index (χ3v) is 4.41. The number of hydrogen-bond donors (Lipinski definition) is 1. The lowest BCUT2D eigenvalue weighted by Crippen LogP contribution is -2.71. The summed E-state index contributed by atoms with van der Waals surface area (Å²) in [5.41, 5.74) is -0.316. The van der Waals surface area contributed by atoms with Crippen molar-refractivity contribution in [2.45, 2.75) is 25.6 Å². The molecule has 0 spiro atoms. The molecule has 2 aliphatic rings. The van der Waals surface area contributed by atoms with E-state index in [4.69, 9.17) is 21.7 Å². The number of hydrogen-bond acceptors (Lipinski definition) is 5. The number of benzene rings is 1. The lowest BCUT2D eigenvalue weighted by Gasteiger charge is -2.53. The smallest absolute Gasteiger partial charge is 0.317 e. The summed E-state index contributed by atoms with van der Waals surface area (Å²) < 4.78 is 10.9. The van der Waals surface area contributed by atoms with Gasteiger partial charge in [0.25, 0.3) is 0 Å². The summed E-state index contributed by atoms with van der Waals surface area (Å²) in [6, 6.07) is 6.77. The molecule has 3 rings (SSSR count). The molecule has 2 bridgehead atoms. The molecule has 1 amide bonds. The van der Waals surface area contributed by atoms with Crippen LogP contribution in [0.25, 0.3) is 0 Å². The van der Waals surface area contributed by atoms with Crippen LogP contribution in [0.3, 0.4) is 0 Å². The molecule has 1 aromatic rings. The average molecular weight is 320 g/mol. The highest BCUT2D eigenvalue weighted by atomic mass is 32.1. The van der Waals surface area contributed by atoms with E-state index in [-0.39, 0.29) is 11.0 Å². The largest absolute Gasteiger partial charge is 0.469 e. The number of esters is 1. The number of fused-ring (bicyclic) bond motifs is 4. The standard InChI is InChI=1S/C15H16N2O4S/c1-8(18)17-12-9-6-4-5-7-10(9)21-15(2,16-14(17)22)11(12)13(19)20-3/h4-7,11-12H,1-3H3,(H,16,22)/t11-,12-,15+/m1/s1. The first-order valence-corrected chi connectivity index (χ1v) is 7.27. The van der Waals surface area contributed by atoms with Crippen molar-refractivity contribution in [1.82, 2.24) is 10.2 Å². The lowest BCUT2D eigenvalue weighted by molar-refractivity contribution is -0.165. The van der Waals surface area contributed by atoms with Crippen LogP contribution in [0.5, 0.6) is 5.75 Å². The SMILES string of the molecule is COC(=O)[C@H]1[C@H]2c3ccccc3O[C@]1(C)NC(=S)N2C(C)=O. The van der Waals surface area contributed by atoms with Gasteiger partial charge in [-0.15, -0.1) is 0 Å². The summed E-state index contributed by atoms with van der Waals surface area (Å²) >= 11 is 5.30. The minimum atomic E-state index is -1.06. The molecule has 0 aromatic heterocycles. The minimum absolute atomic E-state index is 0.241. The molecule has 0 saturated carbocycles. The van der Waals surface area contributed by atoms with E-state index in [2.05, 4.69) is 5.32 Å². The molecule has 2 aliphatic heterocycles. The first-order valence-electron chi connectivity index (χ1n) is 6.87. The fourth-order valence-corrected chi connectivity index (χ4v) is 3.65. The maximum atomic E-state index is 12.3. The van der Waals surface area contributed by atoms with E-state index in [9.17, 15) is 9.59 Å². The maximum Gasteiger partial charge on any atom is 0.317 e. The quantitative estimate of drug-likeness (QED) is 0.622. The van der Waals surface area contributed by atoms with Crippen molar-refractivity contribution >= 4 is 29.2 Å². The predicted molar refractivity (Wildman–Crippen MR) is 82.0 cm³/mol. The molecule has 1 fully saturated rings. The van der Waals surface area contributed by atoms with Crippen molar-refractivity contribution in [2.24, 2.45) is 5.92 Å². The Balaban J connectivity index is 2.23. The molecule has 116 valence electrons. The first-order chi connectivity index (χ1) is 10.4. The summed E-state index contributed by atoms with van der Waals surface area (Å²) in [6.45, 7) is 3.16. The van der Waals surface area contributed by atoms with Gasteiger partial charge < -0.3 is 14.8 Å². The van der Waals surface area contributed by atoms with Crippen LogP contribution in [-0.2, 0) is 14.3 Å². The fourth-order valence-electron chi connectivity index (χ4n) is 3.20. The summed E-state index contributed by atoms with van der Waals surface area (Å²) in [5, 5.41) is 3.22. The third-order valence-electron chi connectivity index (χ3n) is 4.12. The molecule has 1 N–H and O–H groups in total. The maximum absolute atomic E-state index is 12.3. The van der Waals surface area contributed by atoms with Crippen molar-refractivity contribution in [1.29, 1.82) is 0 Å². The van der Waals surface area contributed by atoms with Crippen LogP contribution in [0.15, 0.2) is 24.3 Å². The van der Waals surface area contributed by atoms with E-state index >= 15 is 0 Å². The monoisotopic (exact) mass is 320 g/mol. The second kappa shape index (κ2) is 4.95. The molecule has 0 radical (unpaired) electrons. The van der Waals surface area contributed by atoms with Crippen LogP contribution in [0.4, 0.5) is 0 Å². The third kappa shape index (κ3) is 1.96. The van der Waals surface area contributed by atoms with Gasteiger partial charge in [-0.1, -0.05) is 18.2 Å².